The van der Waals surface area contributed by atoms with Gasteiger partial charge in [0.15, 0.2) is 0 Å². The van der Waals surface area contributed by atoms with Crippen molar-refractivity contribution in [1.29, 1.82) is 0 Å². The van der Waals surface area contributed by atoms with E-state index in [2.05, 4.69) is 26.6 Å². The minimum Gasteiger partial charge on any atom is -0.481 e. The maximum atomic E-state index is 12.9. The largest absolute Gasteiger partial charge is 0.481 e. The molecule has 0 aromatic rings. The molecule has 8 N–H and O–H groups in total. The lowest BCUT2D eigenvalue weighted by atomic mass is 10.1. The number of nitrogens with one attached hydrogen (secondary N) is 5. The number of rotatable bonds is 20. The molecule has 0 radical (unpaired) electrons. The smallest absolute Gasteiger partial charge is 0.303 e. The van der Waals surface area contributed by atoms with E-state index in [0.29, 0.717) is 6.54 Å². The zero-order chi connectivity index (χ0) is 29.3. The Labute approximate surface area is 218 Å². The molecular formula is C22H35N5O11. The summed E-state index contributed by atoms with van der Waals surface area (Å²) >= 11 is 0. The second kappa shape index (κ2) is 18.2. The van der Waals surface area contributed by atoms with Crippen LogP contribution in [0.3, 0.4) is 0 Å². The Bertz CT molecular complexity index is 893. The molecule has 0 unspecified atom stereocenters. The molecule has 0 bridgehead atoms. The first kappa shape index (κ1) is 33.9. The Morgan fingerprint density at radius 1 is 0.605 bits per heavy atom. The summed E-state index contributed by atoms with van der Waals surface area (Å²) in [5, 5.41) is 38.7. The average molecular weight is 546 g/mol. The van der Waals surface area contributed by atoms with Gasteiger partial charge in [0, 0.05) is 19.3 Å². The second-order valence-electron chi connectivity index (χ2n) is 8.23. The van der Waals surface area contributed by atoms with Crippen molar-refractivity contribution in [3.05, 3.63) is 0 Å². The molecule has 3 atom stereocenters. The zero-order valence-corrected chi connectivity index (χ0v) is 21.2. The summed E-state index contributed by atoms with van der Waals surface area (Å²) in [6, 6.07) is -3.92. The van der Waals surface area contributed by atoms with Crippen LogP contribution < -0.4 is 26.6 Å². The predicted molar refractivity (Wildman–Crippen MR) is 129 cm³/mol. The number of carboxylic acids is 3. The lowest BCUT2D eigenvalue weighted by Crippen LogP contribution is -2.56. The molecule has 0 aromatic carbocycles. The van der Waals surface area contributed by atoms with Crippen molar-refractivity contribution >= 4 is 47.3 Å². The molecule has 38 heavy (non-hydrogen) atoms. The summed E-state index contributed by atoms with van der Waals surface area (Å²) < 4.78 is 0. The summed E-state index contributed by atoms with van der Waals surface area (Å²) in [5.41, 5.74) is 0. The van der Waals surface area contributed by atoms with Gasteiger partial charge in [0.2, 0.25) is 23.6 Å². The van der Waals surface area contributed by atoms with Gasteiger partial charge in [0.05, 0.1) is 19.1 Å². The Kier molecular flexibility index (Phi) is 16.3. The minimum atomic E-state index is -1.46. The number of carboxylic acid groups (broad SMARTS) is 3. The maximum Gasteiger partial charge on any atom is 0.303 e. The minimum absolute atomic E-state index is 0.113. The standard InChI is InChI=1S/C22H35N5O11/c1-3-23-13(4-7-17(30)31)21(37)27-15(6-9-19(34)35)22(38)26-14(5-8-18(32)33)20(36)25-11-16(29)24-10-12(2)28/h13-15,23H,3-11H2,1-2H3,(H,24,29)(H,25,36)(H,26,38)(H,27,37)(H,30,31)(H,32,33)(H,34,35)/t13-,14-,15-/m0/s1. The van der Waals surface area contributed by atoms with Gasteiger partial charge in [0.1, 0.15) is 17.9 Å². The number of hydrogen-bond donors (Lipinski definition) is 8. The third kappa shape index (κ3) is 15.8. The van der Waals surface area contributed by atoms with Crippen molar-refractivity contribution in [2.45, 2.75) is 70.5 Å². The topological polar surface area (TPSA) is 257 Å². The molecule has 4 amide bonds. The molecule has 214 valence electrons. The highest BCUT2D eigenvalue weighted by Gasteiger charge is 2.30. The lowest BCUT2D eigenvalue weighted by molar-refractivity contribution is -0.140. The SMILES string of the molecule is CCN[C@@H](CCC(=O)O)C(=O)N[C@@H](CCC(=O)O)C(=O)N[C@@H](CCC(=O)O)C(=O)NCC(=O)NCC(C)=O. The molecule has 0 spiro atoms. The van der Waals surface area contributed by atoms with Crippen LogP contribution >= 0.6 is 0 Å². The van der Waals surface area contributed by atoms with Crippen LogP contribution in [0.4, 0.5) is 0 Å². The van der Waals surface area contributed by atoms with Crippen molar-refractivity contribution < 1.29 is 53.7 Å². The molecule has 0 aromatic heterocycles. The van der Waals surface area contributed by atoms with E-state index in [1.807, 2.05) is 0 Å². The lowest BCUT2D eigenvalue weighted by Gasteiger charge is -2.25. The van der Waals surface area contributed by atoms with Crippen LogP contribution in [0.5, 0.6) is 0 Å². The summed E-state index contributed by atoms with van der Waals surface area (Å²) in [6.45, 7) is 2.36. The molecule has 16 heteroatoms. The molecule has 0 aliphatic carbocycles. The second-order valence-corrected chi connectivity index (χ2v) is 8.23. The quantitative estimate of drug-likeness (QED) is 0.0780. The molecular weight excluding hydrogens is 510 g/mol. The summed E-state index contributed by atoms with van der Waals surface area (Å²) in [5.74, 6) is -7.42. The van der Waals surface area contributed by atoms with Gasteiger partial charge in [-0.05, 0) is 32.7 Å². The molecule has 16 nitrogen and oxygen atoms in total. The summed E-state index contributed by atoms with van der Waals surface area (Å²) in [4.78, 5) is 93.9. The fourth-order valence-corrected chi connectivity index (χ4v) is 3.03. The highest BCUT2D eigenvalue weighted by molar-refractivity contribution is 5.95. The highest BCUT2D eigenvalue weighted by atomic mass is 16.4. The van der Waals surface area contributed by atoms with Crippen molar-refractivity contribution in [3.8, 4) is 0 Å². The van der Waals surface area contributed by atoms with Gasteiger partial charge in [-0.25, -0.2) is 0 Å². The van der Waals surface area contributed by atoms with Crippen LogP contribution in [0, 0.1) is 0 Å². The number of likely N-dealkylation sites (N-methyl/N-ethyl adjacent to an activating group) is 1. The Morgan fingerprint density at radius 2 is 1.03 bits per heavy atom. The number of amides is 4. The number of carbonyl (C=O) groups excluding carboxylic acids is 5. The molecule has 0 rings (SSSR count). The summed E-state index contributed by atoms with van der Waals surface area (Å²) in [7, 11) is 0. The molecule has 0 fully saturated rings. The van der Waals surface area contributed by atoms with Gasteiger partial charge in [0.25, 0.3) is 0 Å². The van der Waals surface area contributed by atoms with E-state index in [0.717, 1.165) is 0 Å². The Hall–Kier alpha value is -4.08. The van der Waals surface area contributed by atoms with E-state index < -0.39 is 79.0 Å². The van der Waals surface area contributed by atoms with E-state index in [1.165, 1.54) is 6.92 Å². The van der Waals surface area contributed by atoms with Crippen LogP contribution in [-0.2, 0) is 38.4 Å². The third-order valence-corrected chi connectivity index (χ3v) is 4.93. The van der Waals surface area contributed by atoms with Crippen LogP contribution in [0.15, 0.2) is 0 Å². The molecule has 0 saturated carbocycles. The van der Waals surface area contributed by atoms with Crippen molar-refractivity contribution in [2.75, 3.05) is 19.6 Å². The van der Waals surface area contributed by atoms with Gasteiger partial charge in [-0.1, -0.05) is 6.92 Å². The number of Topliss-reactive ketones (excluding diaryl/α,β-unsaturated/α-hetero) is 1. The third-order valence-electron chi connectivity index (χ3n) is 4.93. The highest BCUT2D eigenvalue weighted by Crippen LogP contribution is 2.05. The monoisotopic (exact) mass is 545 g/mol. The maximum absolute atomic E-state index is 12.9. The first-order valence-electron chi connectivity index (χ1n) is 11.8. The Morgan fingerprint density at radius 3 is 1.45 bits per heavy atom. The number of aliphatic carboxylic acids is 3. The summed E-state index contributed by atoms with van der Waals surface area (Å²) in [6.07, 6.45) is -2.32. The van der Waals surface area contributed by atoms with E-state index in [1.54, 1.807) is 6.92 Å². The van der Waals surface area contributed by atoms with Crippen LogP contribution in [0.25, 0.3) is 0 Å². The normalized spacial score (nSPS) is 12.8. The average Bonchev–Trinajstić information content (AvgIpc) is 2.83. The van der Waals surface area contributed by atoms with Crippen LogP contribution in [0.1, 0.15) is 52.4 Å². The Balaban J connectivity index is 5.54. The molecule has 0 aliphatic heterocycles. The van der Waals surface area contributed by atoms with E-state index in [9.17, 15) is 38.4 Å². The van der Waals surface area contributed by atoms with Crippen molar-refractivity contribution in [2.24, 2.45) is 0 Å². The fraction of sp³-hybridized carbons (Fsp3) is 0.636. The molecule has 0 heterocycles. The van der Waals surface area contributed by atoms with Crippen LogP contribution in [-0.4, -0.2) is 100 Å². The van der Waals surface area contributed by atoms with Gasteiger partial charge in [-0.2, -0.15) is 0 Å². The van der Waals surface area contributed by atoms with E-state index in [-0.39, 0.29) is 38.0 Å². The van der Waals surface area contributed by atoms with Gasteiger partial charge >= 0.3 is 17.9 Å². The van der Waals surface area contributed by atoms with Gasteiger partial charge in [-0.3, -0.25) is 38.4 Å². The van der Waals surface area contributed by atoms with Crippen molar-refractivity contribution in [1.82, 2.24) is 26.6 Å². The first-order chi connectivity index (χ1) is 17.8. The fourth-order valence-electron chi connectivity index (χ4n) is 3.03. The van der Waals surface area contributed by atoms with E-state index >= 15 is 0 Å². The van der Waals surface area contributed by atoms with Gasteiger partial charge in [-0.15, -0.1) is 0 Å². The first-order valence-corrected chi connectivity index (χ1v) is 11.8. The molecule has 0 saturated heterocycles. The predicted octanol–water partition coefficient (Wildman–Crippen LogP) is -2.65. The molecule has 0 aliphatic rings. The van der Waals surface area contributed by atoms with Crippen molar-refractivity contribution in [3.63, 3.8) is 0 Å². The van der Waals surface area contributed by atoms with E-state index in [4.69, 9.17) is 15.3 Å². The van der Waals surface area contributed by atoms with Crippen LogP contribution in [0.2, 0.25) is 0 Å². The number of ketones is 1. The van der Waals surface area contributed by atoms with Gasteiger partial charge < -0.3 is 41.9 Å². The zero-order valence-electron chi connectivity index (χ0n) is 21.2. The number of carbonyl (C=O) groups is 8. The number of hydrogen-bond acceptors (Lipinski definition) is 9.